The van der Waals surface area contributed by atoms with Crippen molar-refractivity contribution in [1.29, 1.82) is 0 Å². The highest BCUT2D eigenvalue weighted by Crippen LogP contribution is 2.60. The quantitative estimate of drug-likeness (QED) is 0.879. The van der Waals surface area contributed by atoms with Crippen molar-refractivity contribution in [2.75, 3.05) is 0 Å². The molecule has 0 amide bonds. The topological polar surface area (TPSA) is 50.4 Å². The van der Waals surface area contributed by atoms with Crippen LogP contribution in [0.25, 0.3) is 0 Å². The number of rotatable bonds is 2. The largest absolute Gasteiger partial charge is 0.475 e. The molecule has 0 atom stereocenters. The van der Waals surface area contributed by atoms with Crippen LogP contribution >= 0.6 is 0 Å². The molecule has 3 heteroatoms. The van der Waals surface area contributed by atoms with Gasteiger partial charge >= 0.3 is 5.97 Å². The third-order valence-corrected chi connectivity index (χ3v) is 5.66. The number of furan rings is 1. The van der Waals surface area contributed by atoms with E-state index >= 15 is 0 Å². The molecule has 0 aliphatic heterocycles. The molecular weight excluding hydrogens is 240 g/mol. The Balaban J connectivity index is 1.74. The average Bonchev–Trinajstić information content (AvgIpc) is 2.70. The van der Waals surface area contributed by atoms with Gasteiger partial charge in [0.25, 0.3) is 0 Å². The molecule has 0 aromatic carbocycles. The van der Waals surface area contributed by atoms with Crippen LogP contribution in [0.2, 0.25) is 0 Å². The van der Waals surface area contributed by atoms with Gasteiger partial charge in [0, 0.05) is 5.56 Å². The van der Waals surface area contributed by atoms with Crippen LogP contribution in [0.15, 0.2) is 10.5 Å². The maximum absolute atomic E-state index is 11.4. The first-order valence-electron chi connectivity index (χ1n) is 7.45. The Bertz CT molecular complexity index is 500. The molecule has 19 heavy (non-hydrogen) atoms. The molecule has 4 saturated carbocycles. The van der Waals surface area contributed by atoms with Crippen LogP contribution in [-0.4, -0.2) is 11.1 Å². The van der Waals surface area contributed by atoms with Crippen molar-refractivity contribution in [3.8, 4) is 0 Å². The number of hydrogen-bond donors (Lipinski definition) is 1. The van der Waals surface area contributed by atoms with Crippen molar-refractivity contribution in [2.24, 2.45) is 23.7 Å². The van der Waals surface area contributed by atoms with Gasteiger partial charge < -0.3 is 9.52 Å². The summed E-state index contributed by atoms with van der Waals surface area (Å²) in [5.41, 5.74) is 0.985. The summed E-state index contributed by atoms with van der Waals surface area (Å²) in [7, 11) is 0. The number of aromatic carboxylic acids is 1. The van der Waals surface area contributed by atoms with E-state index in [0.717, 1.165) is 23.2 Å². The van der Waals surface area contributed by atoms with Crippen LogP contribution in [0.5, 0.6) is 0 Å². The van der Waals surface area contributed by atoms with Crippen molar-refractivity contribution in [2.45, 2.75) is 44.9 Å². The number of aryl methyl sites for hydroxylation is 1. The van der Waals surface area contributed by atoms with E-state index in [1.807, 2.05) is 13.0 Å². The van der Waals surface area contributed by atoms with E-state index in [-0.39, 0.29) is 5.76 Å². The molecule has 3 nitrogen and oxygen atoms in total. The minimum Gasteiger partial charge on any atom is -0.475 e. The Morgan fingerprint density at radius 1 is 1.16 bits per heavy atom. The highest BCUT2D eigenvalue weighted by atomic mass is 16.4. The second-order valence-electron chi connectivity index (χ2n) is 6.90. The highest BCUT2D eigenvalue weighted by Gasteiger charge is 2.49. The van der Waals surface area contributed by atoms with Crippen molar-refractivity contribution >= 4 is 5.97 Å². The summed E-state index contributed by atoms with van der Waals surface area (Å²) in [5.74, 6) is 3.71. The molecule has 4 aliphatic carbocycles. The molecule has 4 fully saturated rings. The van der Waals surface area contributed by atoms with E-state index < -0.39 is 5.97 Å². The molecule has 0 unspecified atom stereocenters. The van der Waals surface area contributed by atoms with Crippen LogP contribution in [0.3, 0.4) is 0 Å². The third kappa shape index (κ3) is 1.67. The fraction of sp³-hybridized carbons (Fsp3) is 0.688. The van der Waals surface area contributed by atoms with Crippen LogP contribution in [0.1, 0.15) is 59.9 Å². The molecule has 1 heterocycles. The van der Waals surface area contributed by atoms with Gasteiger partial charge in [0.15, 0.2) is 0 Å². The lowest BCUT2D eigenvalue weighted by Gasteiger charge is -2.54. The molecule has 0 spiro atoms. The standard InChI is InChI=1S/C16H20O3/c1-8-2-13(15(19-8)16(17)18)14-11-4-9-3-10(6-11)7-12(14)5-9/h2,9-12,14H,3-7H2,1H3,(H,17,18). The molecule has 1 aromatic heterocycles. The number of hydrogen-bond acceptors (Lipinski definition) is 2. The van der Waals surface area contributed by atoms with E-state index in [1.165, 1.54) is 32.1 Å². The minimum atomic E-state index is -0.906. The number of carboxylic acid groups (broad SMARTS) is 1. The smallest absolute Gasteiger partial charge is 0.372 e. The van der Waals surface area contributed by atoms with Gasteiger partial charge in [-0.2, -0.15) is 0 Å². The zero-order chi connectivity index (χ0) is 13.1. The molecular formula is C16H20O3. The highest BCUT2D eigenvalue weighted by molar-refractivity contribution is 5.86. The lowest BCUT2D eigenvalue weighted by Crippen LogP contribution is -2.44. The molecule has 4 bridgehead atoms. The van der Waals surface area contributed by atoms with Crippen molar-refractivity contribution in [3.63, 3.8) is 0 Å². The summed E-state index contributed by atoms with van der Waals surface area (Å²) in [4.78, 5) is 11.4. The van der Waals surface area contributed by atoms with Gasteiger partial charge in [0.2, 0.25) is 5.76 Å². The first-order valence-corrected chi connectivity index (χ1v) is 7.45. The van der Waals surface area contributed by atoms with Gasteiger partial charge in [-0.3, -0.25) is 0 Å². The summed E-state index contributed by atoms with van der Waals surface area (Å²) in [6, 6.07) is 1.98. The van der Waals surface area contributed by atoms with Crippen molar-refractivity contribution < 1.29 is 14.3 Å². The third-order valence-electron chi connectivity index (χ3n) is 5.66. The number of carbonyl (C=O) groups is 1. The van der Waals surface area contributed by atoms with E-state index in [1.54, 1.807) is 0 Å². The predicted octanol–water partition coefficient (Wildman–Crippen LogP) is 3.83. The van der Waals surface area contributed by atoms with Gasteiger partial charge in [0.05, 0.1) is 0 Å². The lowest BCUT2D eigenvalue weighted by molar-refractivity contribution is -0.00347. The molecule has 1 aromatic rings. The zero-order valence-electron chi connectivity index (χ0n) is 11.3. The Morgan fingerprint density at radius 2 is 1.74 bits per heavy atom. The molecule has 5 rings (SSSR count). The molecule has 4 aliphatic rings. The summed E-state index contributed by atoms with van der Waals surface area (Å²) >= 11 is 0. The monoisotopic (exact) mass is 260 g/mol. The van der Waals surface area contributed by atoms with Crippen LogP contribution in [0, 0.1) is 30.6 Å². The Kier molecular flexibility index (Phi) is 2.36. The second-order valence-corrected chi connectivity index (χ2v) is 6.90. The van der Waals surface area contributed by atoms with Gasteiger partial charge in [-0.25, -0.2) is 4.79 Å². The summed E-state index contributed by atoms with van der Waals surface area (Å²) in [6.45, 7) is 1.85. The van der Waals surface area contributed by atoms with Gasteiger partial charge in [0.1, 0.15) is 5.76 Å². The predicted molar refractivity (Wildman–Crippen MR) is 70.2 cm³/mol. The SMILES string of the molecule is Cc1cc(C2C3CC4CC(C3)CC2C4)c(C(=O)O)o1. The van der Waals surface area contributed by atoms with Gasteiger partial charge in [-0.05, 0) is 74.7 Å². The fourth-order valence-corrected chi connectivity index (χ4v) is 5.38. The van der Waals surface area contributed by atoms with E-state index in [2.05, 4.69) is 0 Å². The molecule has 0 radical (unpaired) electrons. The molecule has 1 N–H and O–H groups in total. The normalized spacial score (nSPS) is 39.7. The van der Waals surface area contributed by atoms with E-state index in [0.29, 0.717) is 17.8 Å². The maximum Gasteiger partial charge on any atom is 0.372 e. The van der Waals surface area contributed by atoms with Crippen LogP contribution < -0.4 is 0 Å². The summed E-state index contributed by atoms with van der Waals surface area (Å²) in [5, 5.41) is 9.34. The van der Waals surface area contributed by atoms with Crippen LogP contribution in [-0.2, 0) is 0 Å². The zero-order valence-corrected chi connectivity index (χ0v) is 11.3. The second kappa shape index (κ2) is 3.87. The maximum atomic E-state index is 11.4. The van der Waals surface area contributed by atoms with Crippen LogP contribution in [0.4, 0.5) is 0 Å². The fourth-order valence-electron chi connectivity index (χ4n) is 5.38. The summed E-state index contributed by atoms with van der Waals surface area (Å²) in [6.07, 6.45) is 6.65. The van der Waals surface area contributed by atoms with Crippen molar-refractivity contribution in [3.05, 3.63) is 23.2 Å². The number of carboxylic acids is 1. The minimum absolute atomic E-state index is 0.204. The lowest BCUT2D eigenvalue weighted by atomic mass is 9.50. The average molecular weight is 260 g/mol. The molecule has 102 valence electrons. The van der Waals surface area contributed by atoms with Crippen molar-refractivity contribution in [1.82, 2.24) is 0 Å². The summed E-state index contributed by atoms with van der Waals surface area (Å²) < 4.78 is 5.43. The Hall–Kier alpha value is -1.25. The Morgan fingerprint density at radius 3 is 2.26 bits per heavy atom. The first kappa shape index (κ1) is 11.6. The van der Waals surface area contributed by atoms with E-state index in [4.69, 9.17) is 4.42 Å². The van der Waals surface area contributed by atoms with E-state index in [9.17, 15) is 9.90 Å². The Labute approximate surface area is 113 Å². The van der Waals surface area contributed by atoms with Gasteiger partial charge in [-0.15, -0.1) is 0 Å². The molecule has 0 saturated heterocycles. The first-order chi connectivity index (χ1) is 9.11. The van der Waals surface area contributed by atoms with Gasteiger partial charge in [-0.1, -0.05) is 0 Å².